The highest BCUT2D eigenvalue weighted by Gasteiger charge is 2.34. The number of ether oxygens (including phenoxy) is 1. The molecule has 0 radical (unpaired) electrons. The van der Waals surface area contributed by atoms with Gasteiger partial charge in [-0.3, -0.25) is 4.79 Å². The predicted molar refractivity (Wildman–Crippen MR) is 109 cm³/mol. The van der Waals surface area contributed by atoms with Crippen LogP contribution >= 0.6 is 0 Å². The van der Waals surface area contributed by atoms with Gasteiger partial charge in [0.2, 0.25) is 10.0 Å². The van der Waals surface area contributed by atoms with Crippen LogP contribution in [0.4, 0.5) is 13.2 Å². The number of sulfonamides is 1. The maximum absolute atomic E-state index is 13.1. The molecule has 1 N–H and O–H groups in total. The minimum Gasteiger partial charge on any atom is -0.379 e. The summed E-state index contributed by atoms with van der Waals surface area (Å²) < 4.78 is 72.0. The monoisotopic (exact) mass is 472 g/mol. The molecule has 174 valence electrons. The third-order valence-corrected chi connectivity index (χ3v) is 7.31. The second-order valence-corrected chi connectivity index (χ2v) is 9.85. The van der Waals surface area contributed by atoms with Crippen LogP contribution in [0.2, 0.25) is 0 Å². The first-order valence-corrected chi connectivity index (χ1v) is 11.9. The van der Waals surface area contributed by atoms with E-state index in [1.54, 1.807) is 0 Å². The highest BCUT2D eigenvalue weighted by Crippen LogP contribution is 2.42. The Morgan fingerprint density at radius 3 is 2.59 bits per heavy atom. The van der Waals surface area contributed by atoms with Gasteiger partial charge in [0, 0.05) is 25.6 Å². The lowest BCUT2D eigenvalue weighted by Gasteiger charge is -2.26. The Balaban J connectivity index is 1.49. The van der Waals surface area contributed by atoms with E-state index in [4.69, 9.17) is 4.74 Å². The summed E-state index contributed by atoms with van der Waals surface area (Å²) in [5, 5.41) is 6.78. The molecule has 2 aromatic rings. The quantitative estimate of drug-likeness (QED) is 0.667. The number of morpholine rings is 1. The lowest BCUT2D eigenvalue weighted by molar-refractivity contribution is -0.137. The summed E-state index contributed by atoms with van der Waals surface area (Å²) in [4.78, 5) is 12.8. The van der Waals surface area contributed by atoms with E-state index < -0.39 is 27.7 Å². The number of nitrogens with zero attached hydrogens (tertiary/aromatic N) is 3. The molecule has 0 spiro atoms. The van der Waals surface area contributed by atoms with Crippen molar-refractivity contribution in [3.63, 3.8) is 0 Å². The average Bonchev–Trinajstić information content (AvgIpc) is 3.51. The highest BCUT2D eigenvalue weighted by molar-refractivity contribution is 7.89. The highest BCUT2D eigenvalue weighted by atomic mass is 32.2. The van der Waals surface area contributed by atoms with Crippen LogP contribution in [-0.4, -0.2) is 67.0 Å². The number of nitrogens with one attached hydrogen (secondary N) is 1. The Morgan fingerprint density at radius 2 is 1.94 bits per heavy atom. The SMILES string of the molecule is O=C(NCCS(=O)(=O)N1CCOCC1)c1cnn(-c2cccc(C(F)(F)F)c2)c1C1CC1. The van der Waals surface area contributed by atoms with E-state index in [1.807, 2.05) is 0 Å². The molecular weight excluding hydrogens is 449 g/mol. The van der Waals surface area contributed by atoms with Crippen LogP contribution in [0.3, 0.4) is 0 Å². The molecule has 2 fully saturated rings. The number of aromatic nitrogens is 2. The van der Waals surface area contributed by atoms with Crippen LogP contribution in [-0.2, 0) is 20.9 Å². The van der Waals surface area contributed by atoms with Gasteiger partial charge in [-0.2, -0.15) is 22.6 Å². The van der Waals surface area contributed by atoms with Gasteiger partial charge in [0.1, 0.15) is 0 Å². The fraction of sp³-hybridized carbons (Fsp3) is 0.500. The van der Waals surface area contributed by atoms with Gasteiger partial charge in [-0.25, -0.2) is 13.1 Å². The van der Waals surface area contributed by atoms with E-state index in [1.165, 1.54) is 27.3 Å². The first kappa shape index (κ1) is 22.7. The van der Waals surface area contributed by atoms with Gasteiger partial charge < -0.3 is 10.1 Å². The first-order valence-electron chi connectivity index (χ1n) is 10.3. The fourth-order valence-corrected chi connectivity index (χ4v) is 4.97. The zero-order valence-electron chi connectivity index (χ0n) is 17.1. The smallest absolute Gasteiger partial charge is 0.379 e. The van der Waals surface area contributed by atoms with Crippen LogP contribution in [0.15, 0.2) is 30.5 Å². The Labute approximate surface area is 183 Å². The number of alkyl halides is 3. The normalized spacial score (nSPS) is 18.0. The number of amides is 1. The number of carbonyl (C=O) groups excluding carboxylic acids is 1. The van der Waals surface area contributed by atoms with E-state index in [0.29, 0.717) is 18.9 Å². The second kappa shape index (κ2) is 8.83. The Kier molecular flexibility index (Phi) is 6.28. The molecule has 1 saturated carbocycles. The summed E-state index contributed by atoms with van der Waals surface area (Å²) in [6, 6.07) is 4.78. The molecular formula is C20H23F3N4O4S. The number of hydrogen-bond acceptors (Lipinski definition) is 5. The molecule has 1 saturated heterocycles. The van der Waals surface area contributed by atoms with Crippen LogP contribution in [0.5, 0.6) is 0 Å². The molecule has 2 aliphatic rings. The number of rotatable bonds is 7. The topological polar surface area (TPSA) is 93.5 Å². The fourth-order valence-electron chi connectivity index (χ4n) is 3.64. The van der Waals surface area contributed by atoms with Crippen LogP contribution in [0.25, 0.3) is 5.69 Å². The summed E-state index contributed by atoms with van der Waals surface area (Å²) in [7, 11) is -3.52. The van der Waals surface area contributed by atoms with Crippen molar-refractivity contribution in [3.8, 4) is 5.69 Å². The van der Waals surface area contributed by atoms with Crippen LogP contribution in [0, 0.1) is 0 Å². The van der Waals surface area contributed by atoms with E-state index in [9.17, 15) is 26.4 Å². The van der Waals surface area contributed by atoms with Crippen LogP contribution in [0.1, 0.15) is 40.4 Å². The average molecular weight is 472 g/mol. The van der Waals surface area contributed by atoms with Gasteiger partial charge in [-0.05, 0) is 31.0 Å². The summed E-state index contributed by atoms with van der Waals surface area (Å²) in [6.45, 7) is 1.16. The number of halogens is 3. The van der Waals surface area contributed by atoms with E-state index in [2.05, 4.69) is 10.4 Å². The van der Waals surface area contributed by atoms with Crippen molar-refractivity contribution < 1.29 is 31.1 Å². The van der Waals surface area contributed by atoms with Gasteiger partial charge >= 0.3 is 6.18 Å². The van der Waals surface area contributed by atoms with Crippen molar-refractivity contribution in [1.29, 1.82) is 0 Å². The largest absolute Gasteiger partial charge is 0.416 e. The molecule has 1 aliphatic carbocycles. The predicted octanol–water partition coefficient (Wildman–Crippen LogP) is 2.16. The molecule has 4 rings (SSSR count). The molecule has 1 aliphatic heterocycles. The maximum Gasteiger partial charge on any atom is 0.416 e. The van der Waals surface area contributed by atoms with Crippen molar-refractivity contribution in [1.82, 2.24) is 19.4 Å². The Hall–Kier alpha value is -2.44. The van der Waals surface area contributed by atoms with E-state index in [0.717, 1.165) is 25.0 Å². The summed E-state index contributed by atoms with van der Waals surface area (Å²) in [5.41, 5.74) is 0.203. The summed E-state index contributed by atoms with van der Waals surface area (Å²) in [6.07, 6.45) is -1.57. The molecule has 0 unspecified atom stereocenters. The lowest BCUT2D eigenvalue weighted by atomic mass is 10.1. The van der Waals surface area contributed by atoms with Gasteiger partial charge in [0.05, 0.1) is 47.7 Å². The zero-order chi connectivity index (χ0) is 22.9. The van der Waals surface area contributed by atoms with E-state index >= 15 is 0 Å². The summed E-state index contributed by atoms with van der Waals surface area (Å²) >= 11 is 0. The van der Waals surface area contributed by atoms with Gasteiger partial charge in [0.15, 0.2) is 0 Å². The zero-order valence-corrected chi connectivity index (χ0v) is 18.0. The Morgan fingerprint density at radius 1 is 1.22 bits per heavy atom. The van der Waals surface area contributed by atoms with Crippen molar-refractivity contribution in [3.05, 3.63) is 47.3 Å². The van der Waals surface area contributed by atoms with Crippen molar-refractivity contribution in [2.45, 2.75) is 24.9 Å². The molecule has 12 heteroatoms. The number of benzene rings is 1. The van der Waals surface area contributed by atoms with Crippen molar-refractivity contribution in [2.24, 2.45) is 0 Å². The van der Waals surface area contributed by atoms with E-state index in [-0.39, 0.29) is 42.6 Å². The maximum atomic E-state index is 13.1. The van der Waals surface area contributed by atoms with Crippen LogP contribution < -0.4 is 5.32 Å². The Bertz CT molecular complexity index is 1090. The van der Waals surface area contributed by atoms with Crippen molar-refractivity contribution in [2.75, 3.05) is 38.6 Å². The molecule has 8 nitrogen and oxygen atoms in total. The third kappa shape index (κ3) is 4.97. The molecule has 1 amide bonds. The number of hydrogen-bond donors (Lipinski definition) is 1. The lowest BCUT2D eigenvalue weighted by Crippen LogP contribution is -2.43. The molecule has 1 aromatic carbocycles. The second-order valence-electron chi connectivity index (χ2n) is 7.76. The standard InChI is InChI=1S/C20H23F3N4O4S/c21-20(22,23)15-2-1-3-16(12-15)27-18(14-4-5-14)17(13-25-27)19(28)24-6-11-32(29,30)26-7-9-31-10-8-26/h1-3,12-14H,4-11H2,(H,24,28). The number of carbonyl (C=O) groups is 1. The minimum atomic E-state index is -4.49. The van der Waals surface area contributed by atoms with Crippen molar-refractivity contribution >= 4 is 15.9 Å². The van der Waals surface area contributed by atoms with Gasteiger partial charge in [0.25, 0.3) is 5.91 Å². The molecule has 2 heterocycles. The third-order valence-electron chi connectivity index (χ3n) is 5.44. The molecule has 1 aromatic heterocycles. The van der Waals surface area contributed by atoms with Gasteiger partial charge in [-0.1, -0.05) is 6.07 Å². The summed E-state index contributed by atoms with van der Waals surface area (Å²) in [5.74, 6) is -0.730. The molecule has 0 atom stereocenters. The first-order chi connectivity index (χ1) is 15.2. The molecule has 32 heavy (non-hydrogen) atoms. The van der Waals surface area contributed by atoms with Gasteiger partial charge in [-0.15, -0.1) is 0 Å². The molecule has 0 bridgehead atoms. The minimum absolute atomic E-state index is 0.0184.